The first kappa shape index (κ1) is 17.1. The zero-order chi connectivity index (χ0) is 18.8. The smallest absolute Gasteiger partial charge is 0.335 e. The lowest BCUT2D eigenvalue weighted by molar-refractivity contribution is 0.0696. The lowest BCUT2D eigenvalue weighted by Gasteiger charge is -2.03. The number of carbonyl (C=O) groups is 2. The number of aromatic carboxylic acids is 1. The van der Waals surface area contributed by atoms with Gasteiger partial charge in [0, 0.05) is 17.5 Å². The molecule has 1 heterocycles. The van der Waals surface area contributed by atoms with Crippen LogP contribution >= 0.6 is 11.3 Å². The van der Waals surface area contributed by atoms with Gasteiger partial charge in [-0.15, -0.1) is 11.3 Å². The van der Waals surface area contributed by atoms with Crippen molar-refractivity contribution in [3.8, 4) is 10.6 Å². The third-order valence-electron chi connectivity index (χ3n) is 4.30. The molecule has 3 aromatic carbocycles. The molecule has 132 valence electrons. The van der Waals surface area contributed by atoms with E-state index in [-0.39, 0.29) is 11.3 Å². The average molecular weight is 373 g/mol. The van der Waals surface area contributed by atoms with Crippen LogP contribution in [0, 0.1) is 0 Å². The van der Waals surface area contributed by atoms with Gasteiger partial charge in [0.25, 0.3) is 0 Å². The van der Waals surface area contributed by atoms with Gasteiger partial charge in [-0.2, -0.15) is 0 Å². The summed E-state index contributed by atoms with van der Waals surface area (Å²) in [7, 11) is 0. The molecule has 0 aliphatic rings. The molecule has 0 bridgehead atoms. The monoisotopic (exact) mass is 373 g/mol. The van der Waals surface area contributed by atoms with Crippen molar-refractivity contribution in [3.63, 3.8) is 0 Å². The van der Waals surface area contributed by atoms with E-state index in [4.69, 9.17) is 5.11 Å². The molecule has 0 fully saturated rings. The number of ketones is 1. The summed E-state index contributed by atoms with van der Waals surface area (Å²) in [6.07, 6.45) is 0.374. The van der Waals surface area contributed by atoms with Gasteiger partial charge in [-0.25, -0.2) is 9.78 Å². The number of fused-ring (bicyclic) bond motifs is 1. The predicted octanol–water partition coefficient (Wildman–Crippen LogP) is 5.09. The summed E-state index contributed by atoms with van der Waals surface area (Å²) in [6.45, 7) is 0. The molecule has 0 radical (unpaired) electrons. The van der Waals surface area contributed by atoms with Crippen molar-refractivity contribution < 1.29 is 14.7 Å². The summed E-state index contributed by atoms with van der Waals surface area (Å²) in [5, 5.41) is 9.90. The van der Waals surface area contributed by atoms with E-state index in [9.17, 15) is 9.59 Å². The quantitative estimate of drug-likeness (QED) is 0.495. The summed E-state index contributed by atoms with van der Waals surface area (Å²) < 4.78 is 0.930. The van der Waals surface area contributed by atoms with Crippen molar-refractivity contribution in [2.75, 3.05) is 0 Å². The lowest BCUT2D eigenvalue weighted by atomic mass is 10.0. The van der Waals surface area contributed by atoms with Gasteiger partial charge in [0.05, 0.1) is 15.8 Å². The predicted molar refractivity (Wildman–Crippen MR) is 106 cm³/mol. The number of aromatic nitrogens is 1. The number of Topliss-reactive ketones (excluding diaryl/α,β-unsaturated/α-hetero) is 1. The van der Waals surface area contributed by atoms with Gasteiger partial charge in [-0.1, -0.05) is 54.6 Å². The summed E-state index contributed by atoms with van der Waals surface area (Å²) >= 11 is 1.50. The third kappa shape index (κ3) is 3.64. The summed E-state index contributed by atoms with van der Waals surface area (Å²) in [5.41, 5.74) is 3.45. The number of carboxylic acids is 1. The summed E-state index contributed by atoms with van der Waals surface area (Å²) in [6, 6.07) is 22.0. The molecule has 0 atom stereocenters. The van der Waals surface area contributed by atoms with E-state index in [0.717, 1.165) is 20.8 Å². The highest BCUT2D eigenvalue weighted by atomic mass is 32.1. The third-order valence-corrected chi connectivity index (χ3v) is 5.38. The van der Waals surface area contributed by atoms with Crippen LogP contribution in [0.25, 0.3) is 20.8 Å². The van der Waals surface area contributed by atoms with Crippen LogP contribution in [0.1, 0.15) is 26.3 Å². The molecule has 4 rings (SSSR count). The Labute approximate surface area is 159 Å². The van der Waals surface area contributed by atoms with Gasteiger partial charge in [0.1, 0.15) is 5.01 Å². The second-order valence-corrected chi connectivity index (χ2v) is 7.20. The number of benzene rings is 3. The van der Waals surface area contributed by atoms with Gasteiger partial charge < -0.3 is 5.11 Å². The summed E-state index contributed by atoms with van der Waals surface area (Å²) in [4.78, 5) is 28.1. The zero-order valence-corrected chi connectivity index (χ0v) is 15.1. The first-order valence-corrected chi connectivity index (χ1v) is 9.23. The lowest BCUT2D eigenvalue weighted by Crippen LogP contribution is -2.03. The number of carboxylic acid groups (broad SMARTS) is 1. The molecule has 5 heteroatoms. The van der Waals surface area contributed by atoms with E-state index in [2.05, 4.69) is 4.98 Å². The maximum Gasteiger partial charge on any atom is 0.335 e. The molecule has 0 unspecified atom stereocenters. The highest BCUT2D eigenvalue weighted by Gasteiger charge is 2.11. The maximum absolute atomic E-state index is 12.4. The molecule has 0 spiro atoms. The van der Waals surface area contributed by atoms with Crippen LogP contribution in [-0.2, 0) is 6.42 Å². The molecular formula is C22H15NO3S. The molecule has 27 heavy (non-hydrogen) atoms. The van der Waals surface area contributed by atoms with E-state index in [1.807, 2.05) is 54.6 Å². The average Bonchev–Trinajstić information content (AvgIpc) is 3.12. The number of hydrogen-bond donors (Lipinski definition) is 1. The Bertz CT molecular complexity index is 1130. The topological polar surface area (TPSA) is 67.3 Å². The Hall–Kier alpha value is -3.31. The number of thiazole rings is 1. The Balaban J connectivity index is 1.57. The first-order valence-electron chi connectivity index (χ1n) is 8.41. The Morgan fingerprint density at radius 2 is 1.59 bits per heavy atom. The van der Waals surface area contributed by atoms with Gasteiger partial charge in [0.2, 0.25) is 0 Å². The molecule has 0 aliphatic carbocycles. The van der Waals surface area contributed by atoms with Crippen molar-refractivity contribution in [2.24, 2.45) is 0 Å². The second-order valence-electron chi connectivity index (χ2n) is 6.17. The van der Waals surface area contributed by atoms with Gasteiger partial charge in [-0.3, -0.25) is 4.79 Å². The van der Waals surface area contributed by atoms with Crippen LogP contribution in [0.5, 0.6) is 0 Å². The van der Waals surface area contributed by atoms with Gasteiger partial charge in [0.15, 0.2) is 5.78 Å². The van der Waals surface area contributed by atoms with Crippen molar-refractivity contribution in [3.05, 3.63) is 89.5 Å². The van der Waals surface area contributed by atoms with E-state index in [0.29, 0.717) is 17.5 Å². The van der Waals surface area contributed by atoms with Crippen molar-refractivity contribution >= 4 is 33.3 Å². The van der Waals surface area contributed by atoms with E-state index in [1.165, 1.54) is 11.3 Å². The van der Waals surface area contributed by atoms with Crippen LogP contribution < -0.4 is 0 Å². The highest BCUT2D eigenvalue weighted by molar-refractivity contribution is 7.21. The minimum Gasteiger partial charge on any atom is -0.478 e. The van der Waals surface area contributed by atoms with Crippen LogP contribution in [0.3, 0.4) is 0 Å². The first-order chi connectivity index (χ1) is 13.1. The minimum absolute atomic E-state index is 0.0724. The van der Waals surface area contributed by atoms with Crippen molar-refractivity contribution in [1.82, 2.24) is 4.98 Å². The molecule has 4 nitrogen and oxygen atoms in total. The normalized spacial score (nSPS) is 10.8. The molecule has 1 aromatic heterocycles. The number of rotatable bonds is 5. The second kappa shape index (κ2) is 7.13. The van der Waals surface area contributed by atoms with Crippen LogP contribution in [0.15, 0.2) is 72.8 Å². The minimum atomic E-state index is -0.965. The van der Waals surface area contributed by atoms with Crippen molar-refractivity contribution in [2.45, 2.75) is 6.42 Å². The highest BCUT2D eigenvalue weighted by Crippen LogP contribution is 2.31. The number of hydrogen-bond acceptors (Lipinski definition) is 4. The maximum atomic E-state index is 12.4. The van der Waals surface area contributed by atoms with E-state index in [1.54, 1.807) is 18.2 Å². The molecule has 0 aliphatic heterocycles. The largest absolute Gasteiger partial charge is 0.478 e. The van der Waals surface area contributed by atoms with E-state index < -0.39 is 5.97 Å². The Morgan fingerprint density at radius 3 is 2.30 bits per heavy atom. The summed E-state index contributed by atoms with van der Waals surface area (Å²) in [5.74, 6) is -0.893. The molecule has 0 saturated heterocycles. The number of carbonyl (C=O) groups excluding carboxylic acids is 1. The zero-order valence-electron chi connectivity index (χ0n) is 14.3. The SMILES string of the molecule is O=C(O)c1ccc2sc(-c3ccc(C(=O)Cc4ccccc4)cc3)nc2c1. The molecule has 0 saturated carbocycles. The molecule has 1 N–H and O–H groups in total. The Morgan fingerprint density at radius 1 is 0.889 bits per heavy atom. The van der Waals surface area contributed by atoms with E-state index >= 15 is 0 Å². The molecular weight excluding hydrogens is 358 g/mol. The van der Waals surface area contributed by atoms with Crippen LogP contribution in [-0.4, -0.2) is 21.8 Å². The fraction of sp³-hybridized carbons (Fsp3) is 0.0455. The Kier molecular flexibility index (Phi) is 4.52. The van der Waals surface area contributed by atoms with Gasteiger partial charge >= 0.3 is 5.97 Å². The molecule has 4 aromatic rings. The fourth-order valence-corrected chi connectivity index (χ4v) is 3.82. The molecule has 0 amide bonds. The standard InChI is InChI=1S/C22H15NO3S/c24-19(12-14-4-2-1-3-5-14)15-6-8-16(9-7-15)21-23-18-13-17(22(25)26)10-11-20(18)27-21/h1-11,13H,12H2,(H,25,26). The van der Waals surface area contributed by atoms with Crippen LogP contribution in [0.2, 0.25) is 0 Å². The number of nitrogens with zero attached hydrogens (tertiary/aromatic N) is 1. The van der Waals surface area contributed by atoms with Crippen molar-refractivity contribution in [1.29, 1.82) is 0 Å². The van der Waals surface area contributed by atoms with Crippen LogP contribution in [0.4, 0.5) is 0 Å². The van der Waals surface area contributed by atoms with Gasteiger partial charge in [-0.05, 0) is 23.8 Å². The fourth-order valence-electron chi connectivity index (χ4n) is 2.87.